The predicted molar refractivity (Wildman–Crippen MR) is 112 cm³/mol. The quantitative estimate of drug-likeness (QED) is 0.592. The number of aliphatic imine (C=N–C) groups is 1. The van der Waals surface area contributed by atoms with E-state index in [0.717, 1.165) is 0 Å². The average Bonchev–Trinajstić information content (AvgIpc) is 3.19. The van der Waals surface area contributed by atoms with Crippen LogP contribution < -0.4 is 10.5 Å². The minimum atomic E-state index is -1.10. The molecule has 2 unspecified atom stereocenters. The number of carbonyl (C=O) groups is 1. The third-order valence-corrected chi connectivity index (χ3v) is 5.93. The largest absolute Gasteiger partial charge is 0.459 e. The summed E-state index contributed by atoms with van der Waals surface area (Å²) in [5.41, 5.74) is 5.73. The maximum absolute atomic E-state index is 15.1. The van der Waals surface area contributed by atoms with Gasteiger partial charge in [0.05, 0.1) is 37.6 Å². The Kier molecular flexibility index (Phi) is 6.52. The monoisotopic (exact) mass is 462 g/mol. The summed E-state index contributed by atoms with van der Waals surface area (Å²) in [6, 6.07) is 4.37. The molecule has 4 atom stereocenters. The molecule has 1 aromatic heterocycles. The Bertz CT molecular complexity index is 1050. The number of hydrogen-bond donors (Lipinski definition) is 1. The third-order valence-electron chi connectivity index (χ3n) is 5.93. The summed E-state index contributed by atoms with van der Waals surface area (Å²) in [5.74, 6) is -1.20. The number of nitrogens with zero attached hydrogens (tertiary/aromatic N) is 3. The lowest BCUT2D eigenvalue weighted by atomic mass is 9.74. The number of Topliss-reactive ketones (excluding diaryl/α,β-unsaturated/α-hetero) is 1. The van der Waals surface area contributed by atoms with Crippen LogP contribution in [0.25, 0.3) is 0 Å². The van der Waals surface area contributed by atoms with Gasteiger partial charge in [-0.15, -0.1) is 0 Å². The van der Waals surface area contributed by atoms with Crippen LogP contribution >= 0.6 is 0 Å². The summed E-state index contributed by atoms with van der Waals surface area (Å²) in [4.78, 5) is 25.0. The number of alkyl halides is 1. The molecule has 0 saturated carbocycles. The molecule has 2 aliphatic heterocycles. The number of ketones is 1. The van der Waals surface area contributed by atoms with Gasteiger partial charge in [-0.2, -0.15) is 0 Å². The molecule has 176 valence electrons. The van der Waals surface area contributed by atoms with Gasteiger partial charge in [-0.05, 0) is 24.6 Å². The number of aromatic nitrogens is 2. The van der Waals surface area contributed by atoms with E-state index in [1.54, 1.807) is 20.1 Å². The highest BCUT2D eigenvalue weighted by Crippen LogP contribution is 2.46. The summed E-state index contributed by atoms with van der Waals surface area (Å²) in [7, 11) is 1.56. The number of hydrogen-bond acceptors (Lipinski definition) is 9. The summed E-state index contributed by atoms with van der Waals surface area (Å²) in [6.07, 6.45) is 1.55. The lowest BCUT2D eigenvalue weighted by molar-refractivity contribution is 0.00102. The first-order valence-corrected chi connectivity index (χ1v) is 10.3. The topological polar surface area (TPSA) is 118 Å². The zero-order valence-corrected chi connectivity index (χ0v) is 18.2. The van der Waals surface area contributed by atoms with Gasteiger partial charge in [-0.3, -0.25) is 4.79 Å². The molecule has 11 heteroatoms. The molecule has 1 saturated heterocycles. The number of benzene rings is 1. The first-order valence-electron chi connectivity index (χ1n) is 10.3. The van der Waals surface area contributed by atoms with Crippen LogP contribution in [-0.4, -0.2) is 61.2 Å². The number of fused-ring (bicyclic) bond motifs is 1. The third kappa shape index (κ3) is 4.51. The summed E-state index contributed by atoms with van der Waals surface area (Å²) < 4.78 is 48.6. The SMILES string of the molecule is COCC1OC[C@H]2OC(N)=N[C@](C)(c3cc(CC(=O)c4cnc(OCF)cn4)ccc3F)C12. The molecule has 0 aliphatic carbocycles. The Balaban J connectivity index is 1.63. The lowest BCUT2D eigenvalue weighted by Gasteiger charge is -2.41. The molecule has 1 fully saturated rings. The van der Waals surface area contributed by atoms with E-state index in [2.05, 4.69) is 19.7 Å². The highest BCUT2D eigenvalue weighted by Gasteiger charge is 2.54. The van der Waals surface area contributed by atoms with Gasteiger partial charge in [-0.25, -0.2) is 23.7 Å². The number of halogens is 2. The van der Waals surface area contributed by atoms with Crippen LogP contribution in [0.15, 0.2) is 35.6 Å². The van der Waals surface area contributed by atoms with E-state index in [-0.39, 0.29) is 60.6 Å². The molecule has 2 N–H and O–H groups in total. The average molecular weight is 462 g/mol. The van der Waals surface area contributed by atoms with E-state index in [9.17, 15) is 9.18 Å². The number of amidine groups is 1. The Morgan fingerprint density at radius 3 is 2.85 bits per heavy atom. The first-order chi connectivity index (χ1) is 15.9. The van der Waals surface area contributed by atoms with Gasteiger partial charge in [0.15, 0.2) is 5.78 Å². The molecule has 0 radical (unpaired) electrons. The van der Waals surface area contributed by atoms with Crippen molar-refractivity contribution in [2.75, 3.05) is 27.2 Å². The van der Waals surface area contributed by atoms with Crippen molar-refractivity contribution < 1.29 is 32.5 Å². The minimum Gasteiger partial charge on any atom is -0.459 e. The Hall–Kier alpha value is -3.18. The molecule has 33 heavy (non-hydrogen) atoms. The maximum Gasteiger partial charge on any atom is 0.283 e. The van der Waals surface area contributed by atoms with Crippen molar-refractivity contribution in [3.8, 4) is 5.88 Å². The number of methoxy groups -OCH3 is 1. The van der Waals surface area contributed by atoms with Crippen molar-refractivity contribution in [1.82, 2.24) is 9.97 Å². The van der Waals surface area contributed by atoms with E-state index in [1.165, 1.54) is 24.5 Å². The summed E-state index contributed by atoms with van der Waals surface area (Å²) in [6.45, 7) is 1.30. The number of carbonyl (C=O) groups excluding carboxylic acids is 1. The van der Waals surface area contributed by atoms with Gasteiger partial charge < -0.3 is 24.7 Å². The van der Waals surface area contributed by atoms with Crippen LogP contribution in [0.3, 0.4) is 0 Å². The highest BCUT2D eigenvalue weighted by atomic mass is 19.1. The fraction of sp³-hybridized carbons (Fsp3) is 0.455. The van der Waals surface area contributed by atoms with Gasteiger partial charge in [0.2, 0.25) is 12.7 Å². The Morgan fingerprint density at radius 2 is 2.15 bits per heavy atom. The van der Waals surface area contributed by atoms with Crippen LogP contribution in [-0.2, 0) is 26.2 Å². The lowest BCUT2D eigenvalue weighted by Crippen LogP contribution is -2.50. The van der Waals surface area contributed by atoms with Crippen LogP contribution in [0, 0.1) is 11.7 Å². The van der Waals surface area contributed by atoms with Crippen molar-refractivity contribution in [2.24, 2.45) is 16.6 Å². The normalized spacial score (nSPS) is 26.3. The maximum atomic E-state index is 15.1. The molecule has 0 bridgehead atoms. The predicted octanol–water partition coefficient (Wildman–Crippen LogP) is 1.94. The molecule has 1 aromatic carbocycles. The van der Waals surface area contributed by atoms with Crippen molar-refractivity contribution in [3.05, 3.63) is 53.2 Å². The van der Waals surface area contributed by atoms with Crippen molar-refractivity contribution in [1.29, 1.82) is 0 Å². The second kappa shape index (κ2) is 9.36. The van der Waals surface area contributed by atoms with Crippen molar-refractivity contribution >= 4 is 11.8 Å². The van der Waals surface area contributed by atoms with Gasteiger partial charge in [0.1, 0.15) is 23.2 Å². The van der Waals surface area contributed by atoms with Crippen LogP contribution in [0.4, 0.5) is 8.78 Å². The standard InChI is InChI=1S/C22H24F2N4O5/c1-22(20-17(9-30-2)31-10-18(20)33-21(25)28-22)13-5-12(3-4-14(13)24)6-16(29)15-7-27-19(8-26-15)32-11-23/h3-5,7-8,17-18,20H,6,9-11H2,1-2H3,(H2,25,28)/t17?,18-,20?,22-/m1/s1. The number of nitrogens with two attached hydrogens (primary N) is 1. The van der Waals surface area contributed by atoms with E-state index in [0.29, 0.717) is 5.56 Å². The second-order valence-corrected chi connectivity index (χ2v) is 8.01. The number of rotatable bonds is 8. The minimum absolute atomic E-state index is 0.0278. The van der Waals surface area contributed by atoms with Gasteiger partial charge in [0.25, 0.3) is 6.02 Å². The first kappa shape index (κ1) is 23.0. The highest BCUT2D eigenvalue weighted by molar-refractivity contribution is 5.95. The fourth-order valence-corrected chi connectivity index (χ4v) is 4.47. The molecule has 9 nitrogen and oxygen atoms in total. The van der Waals surface area contributed by atoms with Crippen LogP contribution in [0.5, 0.6) is 5.88 Å². The van der Waals surface area contributed by atoms with E-state index in [4.69, 9.17) is 19.9 Å². The molecule has 3 heterocycles. The van der Waals surface area contributed by atoms with E-state index >= 15 is 4.39 Å². The summed E-state index contributed by atoms with van der Waals surface area (Å²) >= 11 is 0. The molecular weight excluding hydrogens is 438 g/mol. The van der Waals surface area contributed by atoms with Crippen molar-refractivity contribution in [3.63, 3.8) is 0 Å². The molecule has 2 aromatic rings. The van der Waals surface area contributed by atoms with Crippen LogP contribution in [0.1, 0.15) is 28.5 Å². The number of ether oxygens (including phenoxy) is 4. The molecular formula is C22H24F2N4O5. The zero-order valence-electron chi connectivity index (χ0n) is 18.2. The van der Waals surface area contributed by atoms with E-state index in [1.807, 2.05) is 0 Å². The Labute approximate surface area is 188 Å². The van der Waals surface area contributed by atoms with Gasteiger partial charge in [0, 0.05) is 19.1 Å². The van der Waals surface area contributed by atoms with Gasteiger partial charge in [-0.1, -0.05) is 6.07 Å². The molecule has 0 amide bonds. The summed E-state index contributed by atoms with van der Waals surface area (Å²) in [5, 5.41) is 0. The fourth-order valence-electron chi connectivity index (χ4n) is 4.47. The molecule has 0 spiro atoms. The van der Waals surface area contributed by atoms with E-state index < -0.39 is 24.3 Å². The van der Waals surface area contributed by atoms with Gasteiger partial charge >= 0.3 is 0 Å². The van der Waals surface area contributed by atoms with Crippen molar-refractivity contribution in [2.45, 2.75) is 31.1 Å². The second-order valence-electron chi connectivity index (χ2n) is 8.01. The van der Waals surface area contributed by atoms with Crippen LogP contribution in [0.2, 0.25) is 0 Å². The molecule has 4 rings (SSSR count). The molecule has 2 aliphatic rings. The Morgan fingerprint density at radius 1 is 1.33 bits per heavy atom. The smallest absolute Gasteiger partial charge is 0.283 e. The zero-order chi connectivity index (χ0) is 23.6.